The van der Waals surface area contributed by atoms with E-state index in [-0.39, 0.29) is 5.75 Å². The van der Waals surface area contributed by atoms with Crippen LogP contribution in [0.15, 0.2) is 28.7 Å². The molecule has 0 atom stereocenters. The monoisotopic (exact) mass is 386 g/mol. The highest BCUT2D eigenvalue weighted by atomic mass is 79.9. The first kappa shape index (κ1) is 14.5. The normalized spacial score (nSPS) is 11.0. The molecule has 4 nitrogen and oxygen atoms in total. The molecule has 0 spiro atoms. The molecule has 21 heavy (non-hydrogen) atoms. The number of rotatable bonds is 2. The van der Waals surface area contributed by atoms with Gasteiger partial charge in [-0.3, -0.25) is 0 Å². The molecule has 0 bridgehead atoms. The van der Waals surface area contributed by atoms with Crippen LogP contribution in [-0.4, -0.2) is 22.2 Å². The minimum absolute atomic E-state index is 0.0199. The van der Waals surface area contributed by atoms with Crippen LogP contribution in [0.5, 0.6) is 11.5 Å². The first-order chi connectivity index (χ1) is 10.0. The molecule has 7 heteroatoms. The van der Waals surface area contributed by atoms with Crippen LogP contribution in [0.4, 0.5) is 0 Å². The van der Waals surface area contributed by atoms with Crippen LogP contribution in [0.2, 0.25) is 10.0 Å². The topological polar surface area (TPSA) is 58.1 Å². The first-order valence-corrected chi connectivity index (χ1v) is 7.46. The number of halogens is 3. The van der Waals surface area contributed by atoms with Crippen molar-refractivity contribution in [2.24, 2.45) is 0 Å². The van der Waals surface area contributed by atoms with Crippen molar-refractivity contribution in [3.05, 3.63) is 38.8 Å². The van der Waals surface area contributed by atoms with E-state index >= 15 is 0 Å². The number of hydrogen-bond acceptors (Lipinski definition) is 3. The van der Waals surface area contributed by atoms with Crippen molar-refractivity contribution in [3.63, 3.8) is 0 Å². The van der Waals surface area contributed by atoms with E-state index in [1.54, 1.807) is 24.3 Å². The Labute approximate surface area is 138 Å². The summed E-state index contributed by atoms with van der Waals surface area (Å²) in [5.74, 6) is 0.993. The van der Waals surface area contributed by atoms with Gasteiger partial charge in [0.05, 0.1) is 32.7 Å². The van der Waals surface area contributed by atoms with Crippen LogP contribution in [0.3, 0.4) is 0 Å². The fourth-order valence-corrected chi connectivity index (χ4v) is 2.86. The molecular formula is C14H9BrCl2N2O2. The van der Waals surface area contributed by atoms with Gasteiger partial charge in [0.15, 0.2) is 11.5 Å². The van der Waals surface area contributed by atoms with Gasteiger partial charge in [-0.2, -0.15) is 0 Å². The number of nitrogens with zero attached hydrogens (tertiary/aromatic N) is 1. The zero-order valence-corrected chi connectivity index (χ0v) is 13.8. The molecule has 2 N–H and O–H groups in total. The van der Waals surface area contributed by atoms with E-state index in [0.29, 0.717) is 37.2 Å². The Morgan fingerprint density at radius 1 is 1.24 bits per heavy atom. The minimum atomic E-state index is 0.0199. The number of hydrogen-bond donors (Lipinski definition) is 2. The predicted octanol–water partition coefficient (Wildman–Crippen LogP) is 5.01. The Kier molecular flexibility index (Phi) is 3.73. The number of phenolic OH excluding ortho intramolecular Hbond substituents is 1. The van der Waals surface area contributed by atoms with Crippen molar-refractivity contribution in [1.82, 2.24) is 9.97 Å². The van der Waals surface area contributed by atoms with E-state index in [1.807, 2.05) is 0 Å². The van der Waals surface area contributed by atoms with E-state index in [9.17, 15) is 5.11 Å². The van der Waals surface area contributed by atoms with Gasteiger partial charge >= 0.3 is 0 Å². The van der Waals surface area contributed by atoms with Gasteiger partial charge in [-0.25, -0.2) is 4.98 Å². The molecule has 0 amide bonds. The van der Waals surface area contributed by atoms with E-state index in [4.69, 9.17) is 27.9 Å². The minimum Gasteiger partial charge on any atom is -0.503 e. The molecule has 0 aliphatic heterocycles. The summed E-state index contributed by atoms with van der Waals surface area (Å²) in [4.78, 5) is 7.61. The summed E-state index contributed by atoms with van der Waals surface area (Å²) in [6.45, 7) is 0. The van der Waals surface area contributed by atoms with Crippen LogP contribution < -0.4 is 4.74 Å². The molecule has 0 radical (unpaired) electrons. The van der Waals surface area contributed by atoms with Crippen LogP contribution in [0.25, 0.3) is 22.4 Å². The number of nitrogens with one attached hydrogen (secondary N) is 1. The van der Waals surface area contributed by atoms with Gasteiger partial charge < -0.3 is 14.8 Å². The molecule has 108 valence electrons. The average Bonchev–Trinajstić information content (AvgIpc) is 2.84. The van der Waals surface area contributed by atoms with Crippen molar-refractivity contribution in [1.29, 1.82) is 0 Å². The molecule has 1 heterocycles. The van der Waals surface area contributed by atoms with Crippen LogP contribution in [-0.2, 0) is 0 Å². The molecule has 0 saturated heterocycles. The summed E-state index contributed by atoms with van der Waals surface area (Å²) in [5, 5.41) is 10.9. The lowest BCUT2D eigenvalue weighted by molar-refractivity contribution is 0.372. The number of aromatic nitrogens is 2. The highest BCUT2D eigenvalue weighted by Gasteiger charge is 2.15. The third kappa shape index (κ3) is 2.46. The summed E-state index contributed by atoms with van der Waals surface area (Å²) < 4.78 is 5.56. The summed E-state index contributed by atoms with van der Waals surface area (Å²) in [6.07, 6.45) is 0. The first-order valence-electron chi connectivity index (χ1n) is 5.92. The number of phenols is 1. The maximum atomic E-state index is 10.0. The number of imidazole rings is 1. The molecular weight excluding hydrogens is 379 g/mol. The average molecular weight is 388 g/mol. The third-order valence-corrected chi connectivity index (χ3v) is 4.60. The smallest absolute Gasteiger partial charge is 0.172 e. The molecule has 0 aliphatic carbocycles. The van der Waals surface area contributed by atoms with Crippen molar-refractivity contribution in [2.75, 3.05) is 7.11 Å². The molecule has 1 aromatic heterocycles. The van der Waals surface area contributed by atoms with E-state index < -0.39 is 0 Å². The Balaban J connectivity index is 2.19. The van der Waals surface area contributed by atoms with Crippen LogP contribution in [0, 0.1) is 0 Å². The Morgan fingerprint density at radius 2 is 1.95 bits per heavy atom. The lowest BCUT2D eigenvalue weighted by Crippen LogP contribution is -1.88. The quantitative estimate of drug-likeness (QED) is 0.649. The molecule has 3 aromatic rings. The largest absolute Gasteiger partial charge is 0.503 e. The predicted molar refractivity (Wildman–Crippen MR) is 87.5 cm³/mol. The second kappa shape index (κ2) is 5.40. The maximum absolute atomic E-state index is 10.0. The molecule has 0 unspecified atom stereocenters. The Hall–Kier alpha value is -1.43. The van der Waals surface area contributed by atoms with E-state index in [2.05, 4.69) is 25.9 Å². The van der Waals surface area contributed by atoms with Gasteiger partial charge in [-0.05, 0) is 40.2 Å². The van der Waals surface area contributed by atoms with Crippen molar-refractivity contribution in [2.45, 2.75) is 0 Å². The van der Waals surface area contributed by atoms with Gasteiger partial charge in [-0.15, -0.1) is 0 Å². The van der Waals surface area contributed by atoms with Gasteiger partial charge in [0, 0.05) is 5.56 Å². The Bertz CT molecular complexity index is 810. The number of aromatic amines is 1. The molecule has 0 saturated carbocycles. The molecule has 3 rings (SSSR count). The van der Waals surface area contributed by atoms with Gasteiger partial charge in [0.1, 0.15) is 5.82 Å². The summed E-state index contributed by atoms with van der Waals surface area (Å²) in [5.41, 5.74) is 2.17. The van der Waals surface area contributed by atoms with Crippen LogP contribution in [0.1, 0.15) is 0 Å². The SMILES string of the molecule is COc1ccc(-c2nc3cc(Cl)c(Cl)cc3[nH]2)c(Br)c1O. The van der Waals surface area contributed by atoms with Crippen molar-refractivity contribution in [3.8, 4) is 22.9 Å². The number of benzene rings is 2. The van der Waals surface area contributed by atoms with Gasteiger partial charge in [0.25, 0.3) is 0 Å². The lowest BCUT2D eigenvalue weighted by atomic mass is 10.2. The number of methoxy groups -OCH3 is 1. The van der Waals surface area contributed by atoms with Crippen LogP contribution >= 0.6 is 39.1 Å². The molecule has 0 aliphatic rings. The maximum Gasteiger partial charge on any atom is 0.172 e. The second-order valence-corrected chi connectivity index (χ2v) is 5.95. The second-order valence-electron chi connectivity index (χ2n) is 4.35. The Morgan fingerprint density at radius 3 is 2.67 bits per heavy atom. The number of aromatic hydroxyl groups is 1. The third-order valence-electron chi connectivity index (χ3n) is 3.08. The summed E-state index contributed by atoms with van der Waals surface area (Å²) in [6, 6.07) is 6.87. The zero-order chi connectivity index (χ0) is 15.1. The fourth-order valence-electron chi connectivity index (χ4n) is 2.03. The van der Waals surface area contributed by atoms with Crippen molar-refractivity contribution < 1.29 is 9.84 Å². The highest BCUT2D eigenvalue weighted by Crippen LogP contribution is 2.41. The van der Waals surface area contributed by atoms with Crippen molar-refractivity contribution >= 4 is 50.2 Å². The van der Waals surface area contributed by atoms with E-state index in [0.717, 1.165) is 5.52 Å². The number of ether oxygens (including phenoxy) is 1. The molecule has 2 aromatic carbocycles. The number of fused-ring (bicyclic) bond motifs is 1. The summed E-state index contributed by atoms with van der Waals surface area (Å²) >= 11 is 15.3. The summed E-state index contributed by atoms with van der Waals surface area (Å²) in [7, 11) is 1.49. The van der Waals surface area contributed by atoms with Gasteiger partial charge in [-0.1, -0.05) is 23.2 Å². The van der Waals surface area contributed by atoms with Gasteiger partial charge in [0.2, 0.25) is 0 Å². The fraction of sp³-hybridized carbons (Fsp3) is 0.0714. The zero-order valence-electron chi connectivity index (χ0n) is 10.7. The van der Waals surface area contributed by atoms with E-state index in [1.165, 1.54) is 7.11 Å². The lowest BCUT2D eigenvalue weighted by Gasteiger charge is -2.08. The number of H-pyrrole nitrogens is 1. The highest BCUT2D eigenvalue weighted by molar-refractivity contribution is 9.10. The molecule has 0 fully saturated rings. The standard InChI is InChI=1S/C14H9BrCl2N2O2/c1-21-11-3-2-6(12(15)13(11)20)14-18-9-4-7(16)8(17)5-10(9)19-14/h2-5,20H,1H3,(H,18,19).